The lowest BCUT2D eigenvalue weighted by molar-refractivity contribution is 0.164. The second-order valence-corrected chi connectivity index (χ2v) is 3.96. The highest BCUT2D eigenvalue weighted by atomic mass is 35.5. The highest BCUT2D eigenvalue weighted by Gasteiger charge is 2.07. The minimum Gasteiger partial charge on any atom is -0.394 e. The maximum Gasteiger partial charge on any atom is 0.224 e. The van der Waals surface area contributed by atoms with Crippen LogP contribution in [0.5, 0.6) is 0 Å². The minimum absolute atomic E-state index is 0.172. The Labute approximate surface area is 100 Å². The molecule has 1 rings (SSSR count). The van der Waals surface area contributed by atoms with Crippen molar-refractivity contribution in [3.8, 4) is 0 Å². The Morgan fingerprint density at radius 2 is 2.19 bits per heavy atom. The molecule has 0 aliphatic carbocycles. The molecule has 0 aliphatic rings. The van der Waals surface area contributed by atoms with Crippen LogP contribution in [0.15, 0.2) is 0 Å². The van der Waals surface area contributed by atoms with Crippen molar-refractivity contribution in [3.05, 3.63) is 11.0 Å². The molecule has 1 atom stereocenters. The summed E-state index contributed by atoms with van der Waals surface area (Å²) in [5, 5.41) is 12.6. The van der Waals surface area contributed by atoms with Gasteiger partial charge in [0.15, 0.2) is 5.82 Å². The number of aliphatic hydroxyl groups excluding tert-OH is 1. The molecule has 0 aliphatic heterocycles. The standard InChI is InChI=1S/C10H17ClN4O/c1-3-7(16)4-5-13-9-8(12)6(2)14-10(11)15-9/h7,16H,3-5,12H2,1-2H3,(H,13,14,15). The minimum atomic E-state index is -0.299. The van der Waals surface area contributed by atoms with Crippen LogP contribution in [-0.4, -0.2) is 27.7 Å². The van der Waals surface area contributed by atoms with Gasteiger partial charge in [-0.1, -0.05) is 6.92 Å². The van der Waals surface area contributed by atoms with Crippen molar-refractivity contribution < 1.29 is 5.11 Å². The molecule has 4 N–H and O–H groups in total. The Morgan fingerprint density at radius 1 is 1.50 bits per heavy atom. The molecule has 0 spiro atoms. The largest absolute Gasteiger partial charge is 0.394 e. The van der Waals surface area contributed by atoms with Crippen molar-refractivity contribution in [1.29, 1.82) is 0 Å². The summed E-state index contributed by atoms with van der Waals surface area (Å²) in [4.78, 5) is 7.93. The highest BCUT2D eigenvalue weighted by Crippen LogP contribution is 2.20. The van der Waals surface area contributed by atoms with Crippen LogP contribution in [0.25, 0.3) is 0 Å². The molecule has 90 valence electrons. The van der Waals surface area contributed by atoms with Crippen molar-refractivity contribution in [2.24, 2.45) is 0 Å². The third kappa shape index (κ3) is 3.50. The van der Waals surface area contributed by atoms with Gasteiger partial charge >= 0.3 is 0 Å². The number of halogens is 1. The quantitative estimate of drug-likeness (QED) is 0.685. The summed E-state index contributed by atoms with van der Waals surface area (Å²) < 4.78 is 0. The van der Waals surface area contributed by atoms with Crippen molar-refractivity contribution in [2.45, 2.75) is 32.8 Å². The molecule has 0 radical (unpaired) electrons. The fraction of sp³-hybridized carbons (Fsp3) is 0.600. The number of nitrogens with two attached hydrogens (primary N) is 1. The molecule has 0 fully saturated rings. The second-order valence-electron chi connectivity index (χ2n) is 3.62. The fourth-order valence-electron chi connectivity index (χ4n) is 1.24. The summed E-state index contributed by atoms with van der Waals surface area (Å²) in [5.41, 5.74) is 6.94. The van der Waals surface area contributed by atoms with Gasteiger partial charge in [0.25, 0.3) is 0 Å². The van der Waals surface area contributed by atoms with Crippen molar-refractivity contribution in [2.75, 3.05) is 17.6 Å². The zero-order valence-corrected chi connectivity index (χ0v) is 10.3. The first-order valence-electron chi connectivity index (χ1n) is 5.26. The van der Waals surface area contributed by atoms with Gasteiger partial charge in [-0.25, -0.2) is 4.98 Å². The summed E-state index contributed by atoms with van der Waals surface area (Å²) in [6, 6.07) is 0. The lowest BCUT2D eigenvalue weighted by Gasteiger charge is -2.11. The summed E-state index contributed by atoms with van der Waals surface area (Å²) in [6.07, 6.45) is 1.09. The molecule has 1 aromatic heterocycles. The Balaban J connectivity index is 2.60. The number of hydrogen-bond donors (Lipinski definition) is 3. The van der Waals surface area contributed by atoms with Gasteiger partial charge in [0.2, 0.25) is 5.28 Å². The van der Waals surface area contributed by atoms with Gasteiger partial charge in [-0.2, -0.15) is 4.98 Å². The van der Waals surface area contributed by atoms with Crippen LogP contribution in [0.4, 0.5) is 11.5 Å². The number of aromatic nitrogens is 2. The van der Waals surface area contributed by atoms with E-state index in [1.807, 2.05) is 6.92 Å². The molecule has 0 saturated heterocycles. The molecule has 6 heteroatoms. The summed E-state index contributed by atoms with van der Waals surface area (Å²) >= 11 is 5.72. The average Bonchev–Trinajstić information content (AvgIpc) is 2.24. The number of anilines is 2. The Hall–Kier alpha value is -1.07. The topological polar surface area (TPSA) is 84.1 Å². The normalized spacial score (nSPS) is 12.5. The van der Waals surface area contributed by atoms with Crippen molar-refractivity contribution in [1.82, 2.24) is 9.97 Å². The molecule has 0 aromatic carbocycles. The maximum absolute atomic E-state index is 9.38. The number of nitrogens with zero attached hydrogens (tertiary/aromatic N) is 2. The Bertz CT molecular complexity index is 359. The maximum atomic E-state index is 9.38. The van der Waals surface area contributed by atoms with E-state index in [-0.39, 0.29) is 11.4 Å². The number of aryl methyl sites for hydroxylation is 1. The fourth-order valence-corrected chi connectivity index (χ4v) is 1.45. The summed E-state index contributed by atoms with van der Waals surface area (Å²) in [5.74, 6) is 0.529. The zero-order chi connectivity index (χ0) is 12.1. The number of nitrogens with one attached hydrogen (secondary N) is 1. The van der Waals surface area contributed by atoms with E-state index in [1.54, 1.807) is 6.92 Å². The number of aliphatic hydroxyl groups is 1. The van der Waals surface area contributed by atoms with Crippen LogP contribution in [0.3, 0.4) is 0 Å². The van der Waals surface area contributed by atoms with E-state index in [1.165, 1.54) is 0 Å². The Morgan fingerprint density at radius 3 is 2.81 bits per heavy atom. The van der Waals surface area contributed by atoms with Gasteiger partial charge in [-0.15, -0.1) is 0 Å². The molecule has 1 aromatic rings. The van der Waals surface area contributed by atoms with Crippen LogP contribution >= 0.6 is 11.6 Å². The van der Waals surface area contributed by atoms with E-state index in [2.05, 4.69) is 15.3 Å². The van der Waals surface area contributed by atoms with Gasteiger partial charge in [0.1, 0.15) is 0 Å². The first-order valence-corrected chi connectivity index (χ1v) is 5.64. The van der Waals surface area contributed by atoms with Gasteiger partial charge in [-0.3, -0.25) is 0 Å². The highest BCUT2D eigenvalue weighted by molar-refractivity contribution is 6.28. The van der Waals surface area contributed by atoms with Gasteiger partial charge in [-0.05, 0) is 31.4 Å². The molecule has 5 nitrogen and oxygen atoms in total. The van der Waals surface area contributed by atoms with E-state index in [0.29, 0.717) is 30.2 Å². The van der Waals surface area contributed by atoms with Crippen LogP contribution in [0.2, 0.25) is 5.28 Å². The molecule has 16 heavy (non-hydrogen) atoms. The van der Waals surface area contributed by atoms with Crippen LogP contribution < -0.4 is 11.1 Å². The van der Waals surface area contributed by atoms with E-state index in [9.17, 15) is 5.11 Å². The van der Waals surface area contributed by atoms with E-state index in [0.717, 1.165) is 6.42 Å². The molecular weight excluding hydrogens is 228 g/mol. The predicted octanol–water partition coefficient (Wildman–Crippen LogP) is 1.59. The van der Waals surface area contributed by atoms with Gasteiger partial charge < -0.3 is 16.2 Å². The van der Waals surface area contributed by atoms with Crippen LogP contribution in [0.1, 0.15) is 25.5 Å². The lowest BCUT2D eigenvalue weighted by atomic mass is 10.2. The summed E-state index contributed by atoms with van der Waals surface area (Å²) in [7, 11) is 0. The SMILES string of the molecule is CCC(O)CCNc1nc(Cl)nc(C)c1N. The van der Waals surface area contributed by atoms with Gasteiger partial charge in [0, 0.05) is 6.54 Å². The lowest BCUT2D eigenvalue weighted by Crippen LogP contribution is -2.14. The third-order valence-corrected chi connectivity index (χ3v) is 2.52. The van der Waals surface area contributed by atoms with Crippen LogP contribution in [-0.2, 0) is 0 Å². The second kappa shape index (κ2) is 5.86. The smallest absolute Gasteiger partial charge is 0.224 e. The third-order valence-electron chi connectivity index (χ3n) is 2.35. The van der Waals surface area contributed by atoms with Gasteiger partial charge in [0.05, 0.1) is 17.5 Å². The number of hydrogen-bond acceptors (Lipinski definition) is 5. The predicted molar refractivity (Wildman–Crippen MR) is 65.6 cm³/mol. The van der Waals surface area contributed by atoms with Crippen molar-refractivity contribution >= 4 is 23.1 Å². The van der Waals surface area contributed by atoms with E-state index >= 15 is 0 Å². The number of nitrogen functional groups attached to an aromatic ring is 1. The monoisotopic (exact) mass is 244 g/mol. The van der Waals surface area contributed by atoms with Crippen LogP contribution in [0, 0.1) is 6.92 Å². The van der Waals surface area contributed by atoms with Crippen molar-refractivity contribution in [3.63, 3.8) is 0 Å². The first kappa shape index (κ1) is 13.0. The van der Waals surface area contributed by atoms with E-state index < -0.39 is 0 Å². The number of rotatable bonds is 5. The molecule has 0 bridgehead atoms. The molecule has 1 unspecified atom stereocenters. The average molecular weight is 245 g/mol. The molecule has 0 amide bonds. The molecule has 0 saturated carbocycles. The summed E-state index contributed by atoms with van der Waals surface area (Å²) in [6.45, 7) is 4.31. The van der Waals surface area contributed by atoms with E-state index in [4.69, 9.17) is 17.3 Å². The zero-order valence-electron chi connectivity index (χ0n) is 9.50. The molecule has 1 heterocycles. The molecular formula is C10H17ClN4O. The first-order chi connectivity index (χ1) is 7.54. The Kier molecular flexibility index (Phi) is 4.76.